The molecule has 2 unspecified atom stereocenters. The molecule has 5 heterocycles. The number of anilines is 1. The molecule has 32 heavy (non-hydrogen) atoms. The summed E-state index contributed by atoms with van der Waals surface area (Å²) in [4.78, 5) is 19.9. The Bertz CT molecular complexity index is 1160. The quantitative estimate of drug-likeness (QED) is 0.665. The molecule has 3 atom stereocenters. The number of nitrogens with one attached hydrogen (secondary N) is 2. The Morgan fingerprint density at radius 1 is 1.22 bits per heavy atom. The lowest BCUT2D eigenvalue weighted by Crippen LogP contribution is -2.52. The van der Waals surface area contributed by atoms with Crippen molar-refractivity contribution in [2.75, 3.05) is 24.6 Å². The van der Waals surface area contributed by atoms with Crippen LogP contribution in [0.15, 0.2) is 42.7 Å². The maximum Gasteiger partial charge on any atom is 0.253 e. The molecule has 3 aliphatic rings. The van der Waals surface area contributed by atoms with Crippen LogP contribution in [0.5, 0.6) is 5.75 Å². The van der Waals surface area contributed by atoms with Gasteiger partial charge in [-0.1, -0.05) is 6.07 Å². The van der Waals surface area contributed by atoms with Crippen molar-refractivity contribution >= 4 is 22.6 Å². The Morgan fingerprint density at radius 3 is 2.88 bits per heavy atom. The number of carbonyl (C=O) groups excluding carboxylic acids is 1. The highest BCUT2D eigenvalue weighted by Gasteiger charge is 2.37. The van der Waals surface area contributed by atoms with Gasteiger partial charge in [-0.3, -0.25) is 4.79 Å². The van der Waals surface area contributed by atoms with Gasteiger partial charge in [0.1, 0.15) is 18.0 Å². The van der Waals surface area contributed by atoms with Crippen molar-refractivity contribution < 1.29 is 9.53 Å². The number of pyridine rings is 1. The summed E-state index contributed by atoms with van der Waals surface area (Å²) in [6.07, 6.45) is 6.96. The zero-order valence-corrected chi connectivity index (χ0v) is 18.4. The Morgan fingerprint density at radius 2 is 2.06 bits per heavy atom. The highest BCUT2D eigenvalue weighted by atomic mass is 16.5. The Hall–Kier alpha value is -3.06. The summed E-state index contributed by atoms with van der Waals surface area (Å²) in [6, 6.07) is 11.6. The normalized spacial score (nSPS) is 24.3. The minimum absolute atomic E-state index is 0.0489. The number of ether oxygens (including phenoxy) is 1. The number of carbonyl (C=O) groups is 1. The first-order chi connectivity index (χ1) is 15.7. The maximum atomic E-state index is 12.9. The van der Waals surface area contributed by atoms with Gasteiger partial charge in [0.2, 0.25) is 0 Å². The van der Waals surface area contributed by atoms with Crippen LogP contribution in [0.2, 0.25) is 0 Å². The van der Waals surface area contributed by atoms with E-state index in [0.717, 1.165) is 48.4 Å². The minimum Gasteiger partial charge on any atom is -0.491 e. The van der Waals surface area contributed by atoms with Crippen LogP contribution in [0, 0.1) is 0 Å². The van der Waals surface area contributed by atoms with Crippen molar-refractivity contribution in [2.45, 2.75) is 50.9 Å². The highest BCUT2D eigenvalue weighted by Crippen LogP contribution is 2.36. The fraction of sp³-hybridized carbons (Fsp3) is 0.440. The van der Waals surface area contributed by atoms with Crippen LogP contribution in [-0.4, -0.2) is 53.3 Å². The molecular weight excluding hydrogens is 402 g/mol. The first-order valence-electron chi connectivity index (χ1n) is 11.7. The number of aromatic nitrogens is 2. The zero-order valence-electron chi connectivity index (χ0n) is 18.4. The van der Waals surface area contributed by atoms with E-state index < -0.39 is 0 Å². The maximum absolute atomic E-state index is 12.9. The summed E-state index contributed by atoms with van der Waals surface area (Å²) >= 11 is 0. The molecule has 1 aromatic carbocycles. The summed E-state index contributed by atoms with van der Waals surface area (Å²) in [5, 5.41) is 7.66. The molecule has 6 rings (SSSR count). The first-order valence-corrected chi connectivity index (χ1v) is 11.7. The number of piperazine rings is 1. The molecule has 0 radical (unpaired) electrons. The number of hydrogen-bond acceptors (Lipinski definition) is 5. The van der Waals surface area contributed by atoms with Gasteiger partial charge in [-0.25, -0.2) is 4.98 Å². The SMILES string of the molecule is CCn1ccc2cc(C(=O)N[C@@H]3COc4cc(N5C6CCC5CNC6)ccc4C3)cnc21. The van der Waals surface area contributed by atoms with Gasteiger partial charge in [0.25, 0.3) is 5.91 Å². The van der Waals surface area contributed by atoms with Gasteiger partial charge < -0.3 is 24.8 Å². The zero-order chi connectivity index (χ0) is 21.7. The Balaban J connectivity index is 1.15. The van der Waals surface area contributed by atoms with Crippen LogP contribution < -0.4 is 20.3 Å². The molecule has 166 valence electrons. The van der Waals surface area contributed by atoms with E-state index in [0.29, 0.717) is 24.3 Å². The van der Waals surface area contributed by atoms with Gasteiger partial charge in [-0.15, -0.1) is 0 Å². The number of hydrogen-bond donors (Lipinski definition) is 2. The van der Waals surface area contributed by atoms with Gasteiger partial charge in [-0.05, 0) is 49.9 Å². The van der Waals surface area contributed by atoms with Crippen LogP contribution in [0.1, 0.15) is 35.7 Å². The van der Waals surface area contributed by atoms with Crippen molar-refractivity contribution in [3.8, 4) is 5.75 Å². The average molecular weight is 432 g/mol. The van der Waals surface area contributed by atoms with E-state index in [4.69, 9.17) is 4.74 Å². The summed E-state index contributed by atoms with van der Waals surface area (Å²) in [5.41, 5.74) is 3.91. The van der Waals surface area contributed by atoms with Crippen molar-refractivity contribution in [1.29, 1.82) is 0 Å². The number of nitrogens with zero attached hydrogens (tertiary/aromatic N) is 3. The van der Waals surface area contributed by atoms with E-state index in [1.165, 1.54) is 18.5 Å². The summed E-state index contributed by atoms with van der Waals surface area (Å²) < 4.78 is 8.18. The second kappa shape index (κ2) is 7.81. The summed E-state index contributed by atoms with van der Waals surface area (Å²) in [7, 11) is 0. The van der Waals surface area contributed by atoms with Gasteiger partial charge in [0.05, 0.1) is 11.6 Å². The van der Waals surface area contributed by atoms with Crippen LogP contribution in [0.25, 0.3) is 11.0 Å². The lowest BCUT2D eigenvalue weighted by molar-refractivity contribution is 0.0915. The first kappa shape index (κ1) is 19.6. The molecule has 2 fully saturated rings. The van der Waals surface area contributed by atoms with Crippen LogP contribution in [-0.2, 0) is 13.0 Å². The third-order valence-corrected chi connectivity index (χ3v) is 7.17. The number of rotatable bonds is 4. The van der Waals surface area contributed by atoms with Crippen molar-refractivity contribution in [3.05, 3.63) is 53.9 Å². The van der Waals surface area contributed by atoms with E-state index in [2.05, 4.69) is 50.2 Å². The lowest BCUT2D eigenvalue weighted by atomic mass is 10.0. The minimum atomic E-state index is -0.102. The summed E-state index contributed by atoms with van der Waals surface area (Å²) in [5.74, 6) is 0.852. The average Bonchev–Trinajstić information content (AvgIpc) is 3.35. The van der Waals surface area contributed by atoms with E-state index in [1.54, 1.807) is 6.20 Å². The van der Waals surface area contributed by atoms with Crippen molar-refractivity contribution in [3.63, 3.8) is 0 Å². The second-order valence-electron chi connectivity index (χ2n) is 9.17. The second-order valence-corrected chi connectivity index (χ2v) is 9.17. The molecule has 3 aromatic rings. The largest absolute Gasteiger partial charge is 0.491 e. The molecule has 0 aliphatic carbocycles. The molecule has 2 bridgehead atoms. The molecule has 1 amide bonds. The van der Waals surface area contributed by atoms with Crippen LogP contribution >= 0.6 is 0 Å². The molecular formula is C25H29N5O2. The predicted molar refractivity (Wildman–Crippen MR) is 124 cm³/mol. The van der Waals surface area contributed by atoms with Gasteiger partial charge in [-0.2, -0.15) is 0 Å². The van der Waals surface area contributed by atoms with E-state index >= 15 is 0 Å². The smallest absolute Gasteiger partial charge is 0.253 e. The van der Waals surface area contributed by atoms with E-state index in [1.807, 2.05) is 18.3 Å². The number of aryl methyl sites for hydroxylation is 1. The monoisotopic (exact) mass is 431 g/mol. The van der Waals surface area contributed by atoms with Gasteiger partial charge in [0.15, 0.2) is 0 Å². The van der Waals surface area contributed by atoms with Crippen LogP contribution in [0.4, 0.5) is 5.69 Å². The van der Waals surface area contributed by atoms with E-state index in [-0.39, 0.29) is 11.9 Å². The van der Waals surface area contributed by atoms with Gasteiger partial charge >= 0.3 is 0 Å². The van der Waals surface area contributed by atoms with E-state index in [9.17, 15) is 4.79 Å². The molecule has 2 N–H and O–H groups in total. The molecule has 7 nitrogen and oxygen atoms in total. The Kier molecular flexibility index (Phi) is 4.79. The third-order valence-electron chi connectivity index (χ3n) is 7.17. The fourth-order valence-electron chi connectivity index (χ4n) is 5.54. The number of amides is 1. The topological polar surface area (TPSA) is 71.4 Å². The molecule has 0 saturated carbocycles. The Labute approximate surface area is 187 Å². The van der Waals surface area contributed by atoms with Crippen molar-refractivity contribution in [1.82, 2.24) is 20.2 Å². The molecule has 0 spiro atoms. The predicted octanol–water partition coefficient (Wildman–Crippen LogP) is 2.73. The lowest BCUT2D eigenvalue weighted by Gasteiger charge is -2.38. The highest BCUT2D eigenvalue weighted by molar-refractivity contribution is 5.97. The van der Waals surface area contributed by atoms with Crippen LogP contribution in [0.3, 0.4) is 0 Å². The third kappa shape index (κ3) is 3.32. The molecule has 2 aromatic heterocycles. The summed E-state index contributed by atoms with van der Waals surface area (Å²) in [6.45, 7) is 5.55. The number of benzene rings is 1. The molecule has 3 aliphatic heterocycles. The molecule has 7 heteroatoms. The molecule has 2 saturated heterocycles. The number of fused-ring (bicyclic) bond motifs is 4. The van der Waals surface area contributed by atoms with Crippen molar-refractivity contribution in [2.24, 2.45) is 0 Å². The standard InChI is InChI=1S/C25H29N5O2/c1-2-29-8-7-17-9-18(12-27-24(17)29)25(31)28-19-10-16-3-4-20(11-23(16)32-15-19)30-21-5-6-22(30)14-26-13-21/h3-4,7-9,11-12,19,21-22,26H,2,5-6,10,13-15H2,1H3,(H,28,31)/t19-,21?,22?/m0/s1. The fourth-order valence-corrected chi connectivity index (χ4v) is 5.54. The van der Waals surface area contributed by atoms with Gasteiger partial charge in [0, 0.05) is 61.3 Å².